The standard InChI is InChI=1S/C48H29N3O/c1-3-15-30(16-4-1)49-38-23-11-7-20-35(38)43-46-44(36-21-8-12-24-39(36)50(46)31-17-5-2-6-18-31)48-45(47(43)49)37-22-9-13-25-40(37)51(48)32-27-28-34-33-19-10-14-26-41(33)52-42(34)29-32/h1-29H. The predicted molar refractivity (Wildman–Crippen MR) is 217 cm³/mol. The van der Waals surface area contributed by atoms with Gasteiger partial charge in [0.2, 0.25) is 0 Å². The quantitative estimate of drug-likeness (QED) is 0.185. The zero-order valence-electron chi connectivity index (χ0n) is 28.0. The topological polar surface area (TPSA) is 27.9 Å². The number of benzene rings is 8. The molecule has 4 nitrogen and oxygen atoms in total. The smallest absolute Gasteiger partial charge is 0.137 e. The summed E-state index contributed by atoms with van der Waals surface area (Å²) in [7, 11) is 0. The molecule has 4 aromatic heterocycles. The second kappa shape index (κ2) is 10.3. The Hall–Kier alpha value is -7.04. The number of nitrogens with zero attached hydrogens (tertiary/aromatic N) is 3. The van der Waals surface area contributed by atoms with E-state index in [0.29, 0.717) is 0 Å². The molecule has 0 atom stereocenters. The van der Waals surface area contributed by atoms with Gasteiger partial charge in [-0.25, -0.2) is 0 Å². The van der Waals surface area contributed by atoms with Crippen molar-refractivity contribution < 1.29 is 4.42 Å². The third kappa shape index (κ3) is 3.55. The summed E-state index contributed by atoms with van der Waals surface area (Å²) in [5.74, 6) is 0. The van der Waals surface area contributed by atoms with E-state index >= 15 is 0 Å². The number of para-hydroxylation sites is 6. The van der Waals surface area contributed by atoms with Gasteiger partial charge in [0.15, 0.2) is 0 Å². The maximum absolute atomic E-state index is 6.50. The summed E-state index contributed by atoms with van der Waals surface area (Å²) >= 11 is 0. The maximum atomic E-state index is 6.50. The van der Waals surface area contributed by atoms with Crippen molar-refractivity contribution in [1.82, 2.24) is 13.7 Å². The summed E-state index contributed by atoms with van der Waals surface area (Å²) in [6.07, 6.45) is 0. The average molecular weight is 664 g/mol. The SMILES string of the molecule is c1ccc(-n2c3ccccc3c3c2c2c4ccccc4n(-c4ccc5c(c4)oc4ccccc45)c2c2c4ccccc4n(-c4ccccc4)c32)cc1. The highest BCUT2D eigenvalue weighted by atomic mass is 16.3. The molecule has 0 saturated carbocycles. The molecule has 0 bridgehead atoms. The second-order valence-electron chi connectivity index (χ2n) is 13.7. The lowest BCUT2D eigenvalue weighted by Gasteiger charge is -2.13. The van der Waals surface area contributed by atoms with E-state index in [1.807, 2.05) is 6.07 Å². The summed E-state index contributed by atoms with van der Waals surface area (Å²) in [5.41, 5.74) is 12.2. The maximum Gasteiger partial charge on any atom is 0.137 e. The second-order valence-corrected chi connectivity index (χ2v) is 13.7. The summed E-state index contributed by atoms with van der Waals surface area (Å²) in [4.78, 5) is 0. The molecule has 0 aliphatic rings. The zero-order chi connectivity index (χ0) is 33.9. The molecule has 0 saturated heterocycles. The van der Waals surface area contributed by atoms with Gasteiger partial charge in [0.25, 0.3) is 0 Å². The van der Waals surface area contributed by atoms with Crippen LogP contribution in [0, 0.1) is 0 Å². The number of fused-ring (bicyclic) bond motifs is 15. The van der Waals surface area contributed by atoms with Gasteiger partial charge in [-0.15, -0.1) is 0 Å². The highest BCUT2D eigenvalue weighted by molar-refractivity contribution is 6.40. The van der Waals surface area contributed by atoms with Crippen molar-refractivity contribution >= 4 is 87.4 Å². The molecule has 0 amide bonds. The minimum absolute atomic E-state index is 0.882. The molecular formula is C48H29N3O. The van der Waals surface area contributed by atoms with Crippen LogP contribution >= 0.6 is 0 Å². The lowest BCUT2D eigenvalue weighted by atomic mass is 10.0. The Balaban J connectivity index is 1.40. The molecular weight excluding hydrogens is 635 g/mol. The Kier molecular flexibility index (Phi) is 5.47. The van der Waals surface area contributed by atoms with E-state index in [-0.39, 0.29) is 0 Å². The van der Waals surface area contributed by atoms with Crippen molar-refractivity contribution in [3.05, 3.63) is 176 Å². The van der Waals surface area contributed by atoms with E-state index in [9.17, 15) is 0 Å². The Bertz CT molecular complexity index is 3320. The summed E-state index contributed by atoms with van der Waals surface area (Å²) in [5, 5.41) is 9.64. The van der Waals surface area contributed by atoms with E-state index in [1.165, 1.54) is 59.9 Å². The molecule has 12 rings (SSSR count). The van der Waals surface area contributed by atoms with Crippen molar-refractivity contribution in [2.45, 2.75) is 0 Å². The van der Waals surface area contributed by atoms with E-state index in [4.69, 9.17) is 4.42 Å². The molecule has 52 heavy (non-hydrogen) atoms. The Morgan fingerprint density at radius 3 is 1.17 bits per heavy atom. The van der Waals surface area contributed by atoms with Crippen LogP contribution in [0.5, 0.6) is 0 Å². The first-order valence-corrected chi connectivity index (χ1v) is 17.8. The Morgan fingerprint density at radius 2 is 0.673 bits per heavy atom. The Morgan fingerprint density at radius 1 is 0.288 bits per heavy atom. The van der Waals surface area contributed by atoms with Gasteiger partial charge in [0.05, 0.1) is 33.1 Å². The number of furan rings is 1. The molecule has 242 valence electrons. The van der Waals surface area contributed by atoms with Crippen LogP contribution in [-0.2, 0) is 0 Å². The lowest BCUT2D eigenvalue weighted by Crippen LogP contribution is -1.98. The number of rotatable bonds is 3. The summed E-state index contributed by atoms with van der Waals surface area (Å²) in [6, 6.07) is 63.3. The molecule has 8 aromatic carbocycles. The third-order valence-electron chi connectivity index (χ3n) is 11.0. The fourth-order valence-corrected chi connectivity index (χ4v) is 8.96. The highest BCUT2D eigenvalue weighted by Crippen LogP contribution is 2.50. The van der Waals surface area contributed by atoms with Gasteiger partial charge in [-0.05, 0) is 60.7 Å². The first kappa shape index (κ1) is 27.7. The average Bonchev–Trinajstić information content (AvgIpc) is 3.94. The van der Waals surface area contributed by atoms with E-state index in [2.05, 4.69) is 184 Å². The van der Waals surface area contributed by atoms with Crippen LogP contribution in [0.2, 0.25) is 0 Å². The van der Waals surface area contributed by atoms with Gasteiger partial charge in [0.1, 0.15) is 11.2 Å². The Labute approximate surface area is 297 Å². The van der Waals surface area contributed by atoms with Gasteiger partial charge in [-0.2, -0.15) is 0 Å². The van der Waals surface area contributed by atoms with E-state index < -0.39 is 0 Å². The first-order chi connectivity index (χ1) is 25.8. The lowest BCUT2D eigenvalue weighted by molar-refractivity contribution is 0.668. The van der Waals surface area contributed by atoms with Gasteiger partial charge < -0.3 is 18.1 Å². The van der Waals surface area contributed by atoms with Crippen molar-refractivity contribution in [3.63, 3.8) is 0 Å². The van der Waals surface area contributed by atoms with Crippen LogP contribution in [0.3, 0.4) is 0 Å². The molecule has 0 N–H and O–H groups in total. The van der Waals surface area contributed by atoms with Crippen molar-refractivity contribution in [2.75, 3.05) is 0 Å². The predicted octanol–water partition coefficient (Wildman–Crippen LogP) is 12.9. The molecule has 12 aromatic rings. The van der Waals surface area contributed by atoms with Crippen LogP contribution in [-0.4, -0.2) is 13.7 Å². The fraction of sp³-hybridized carbons (Fsp3) is 0. The van der Waals surface area contributed by atoms with Crippen molar-refractivity contribution in [3.8, 4) is 17.1 Å². The van der Waals surface area contributed by atoms with Gasteiger partial charge in [0, 0.05) is 66.2 Å². The van der Waals surface area contributed by atoms with Crippen LogP contribution in [0.4, 0.5) is 0 Å². The monoisotopic (exact) mass is 663 g/mol. The normalized spacial score (nSPS) is 12.2. The zero-order valence-corrected chi connectivity index (χ0v) is 28.0. The van der Waals surface area contributed by atoms with E-state index in [0.717, 1.165) is 44.5 Å². The minimum Gasteiger partial charge on any atom is -0.456 e. The molecule has 0 aliphatic carbocycles. The number of hydrogen-bond donors (Lipinski definition) is 0. The van der Waals surface area contributed by atoms with Crippen molar-refractivity contribution in [1.29, 1.82) is 0 Å². The van der Waals surface area contributed by atoms with E-state index in [1.54, 1.807) is 0 Å². The van der Waals surface area contributed by atoms with Crippen LogP contribution < -0.4 is 0 Å². The molecule has 0 fully saturated rings. The van der Waals surface area contributed by atoms with Gasteiger partial charge >= 0.3 is 0 Å². The number of hydrogen-bond acceptors (Lipinski definition) is 1. The molecule has 4 heterocycles. The number of aromatic nitrogens is 3. The minimum atomic E-state index is 0.882. The molecule has 4 heteroatoms. The third-order valence-corrected chi connectivity index (χ3v) is 11.0. The van der Waals surface area contributed by atoms with Crippen LogP contribution in [0.15, 0.2) is 180 Å². The molecule has 0 spiro atoms. The van der Waals surface area contributed by atoms with Crippen LogP contribution in [0.25, 0.3) is 104 Å². The fourth-order valence-electron chi connectivity index (χ4n) is 8.96. The molecule has 0 unspecified atom stereocenters. The summed E-state index contributed by atoms with van der Waals surface area (Å²) in [6.45, 7) is 0. The largest absolute Gasteiger partial charge is 0.456 e. The van der Waals surface area contributed by atoms with Gasteiger partial charge in [-0.1, -0.05) is 109 Å². The molecule has 0 radical (unpaired) electrons. The first-order valence-electron chi connectivity index (χ1n) is 17.8. The molecule has 0 aliphatic heterocycles. The summed E-state index contributed by atoms with van der Waals surface area (Å²) < 4.78 is 14.0. The van der Waals surface area contributed by atoms with Crippen LogP contribution in [0.1, 0.15) is 0 Å². The highest BCUT2D eigenvalue weighted by Gasteiger charge is 2.28. The van der Waals surface area contributed by atoms with Crippen molar-refractivity contribution in [2.24, 2.45) is 0 Å². The van der Waals surface area contributed by atoms with Gasteiger partial charge in [-0.3, -0.25) is 0 Å².